The summed E-state index contributed by atoms with van der Waals surface area (Å²) in [5.74, 6) is 2.28. The fourth-order valence-electron chi connectivity index (χ4n) is 2.26. The van der Waals surface area contributed by atoms with Crippen molar-refractivity contribution < 1.29 is 36.7 Å². The minimum absolute atomic E-state index is 0. The molecule has 7 nitrogen and oxygen atoms in total. The standard InChI is InChI=1S/C16H19N3O4.ClH/c1-9-6-14(18-10(2)17-9)19-16(20)11-7-12(21-3)15(23-5)13(8-11)22-4;/h6-8H,1-5H3,(H,17,18,19,20);1H. The lowest BCUT2D eigenvalue weighted by molar-refractivity contribution is -0.468. The van der Waals surface area contributed by atoms with Crippen LogP contribution in [0.5, 0.6) is 17.2 Å². The van der Waals surface area contributed by atoms with Crippen LogP contribution in [0, 0.1) is 13.8 Å². The van der Waals surface area contributed by atoms with E-state index in [0.29, 0.717) is 34.5 Å². The topological polar surface area (TPSA) is 87.2 Å². The highest BCUT2D eigenvalue weighted by atomic mass is 35.5. The molecule has 0 radical (unpaired) electrons. The molecule has 0 aliphatic rings. The van der Waals surface area contributed by atoms with Crippen molar-refractivity contribution >= 4 is 11.7 Å². The number of benzene rings is 1. The summed E-state index contributed by atoms with van der Waals surface area (Å²) in [5, 5.41) is 1.46. The average Bonchev–Trinajstić information content (AvgIpc) is 2.52. The van der Waals surface area contributed by atoms with Crippen molar-refractivity contribution in [1.82, 2.24) is 9.97 Å². The highest BCUT2D eigenvalue weighted by molar-refractivity contribution is 5.89. The zero-order valence-corrected chi connectivity index (χ0v) is 15.0. The molecule has 2 rings (SSSR count). The molecule has 1 heterocycles. The number of rotatable bonds is 5. The number of methoxy groups -OCH3 is 3. The second-order valence-electron chi connectivity index (χ2n) is 4.90. The third kappa shape index (κ3) is 4.33. The van der Waals surface area contributed by atoms with Crippen LogP contribution in [0.15, 0.2) is 18.2 Å². The number of aryl methyl sites for hydroxylation is 2. The van der Waals surface area contributed by atoms with Crippen LogP contribution in [0.4, 0.5) is 5.82 Å². The van der Waals surface area contributed by atoms with Gasteiger partial charge in [0.15, 0.2) is 11.5 Å². The number of ether oxygens (including phenoxy) is 3. The molecule has 8 heteroatoms. The van der Waals surface area contributed by atoms with E-state index in [1.165, 1.54) is 26.6 Å². The molecule has 130 valence electrons. The molecule has 2 aromatic rings. The molecule has 24 heavy (non-hydrogen) atoms. The van der Waals surface area contributed by atoms with Crippen LogP contribution >= 0.6 is 0 Å². The first-order valence-electron chi connectivity index (χ1n) is 7.00. The van der Waals surface area contributed by atoms with Gasteiger partial charge in [-0.1, -0.05) is 0 Å². The normalized spacial score (nSPS) is 9.88. The SMILES string of the molecule is COc1cc(C(=O)[NH2+]c2cc(C)nc(C)n2)cc(OC)c1OC.[Cl-]. The van der Waals surface area contributed by atoms with Gasteiger partial charge in [0.05, 0.1) is 26.9 Å². The quantitative estimate of drug-likeness (QED) is 0.679. The van der Waals surface area contributed by atoms with Gasteiger partial charge < -0.3 is 26.6 Å². The average molecular weight is 354 g/mol. The fraction of sp³-hybridized carbons (Fsp3) is 0.312. The first kappa shape index (κ1) is 19.7. The Morgan fingerprint density at radius 1 is 0.958 bits per heavy atom. The number of hydrogen-bond donors (Lipinski definition) is 1. The smallest absolute Gasteiger partial charge is 0.349 e. The lowest BCUT2D eigenvalue weighted by Gasteiger charge is -2.12. The number of halogens is 1. The molecule has 2 N–H and O–H groups in total. The molecule has 1 aromatic heterocycles. The van der Waals surface area contributed by atoms with Crippen LogP contribution in [0.3, 0.4) is 0 Å². The molecule has 0 unspecified atom stereocenters. The Morgan fingerprint density at radius 3 is 2.00 bits per heavy atom. The molecule has 0 spiro atoms. The number of primary amides is 1. The van der Waals surface area contributed by atoms with Crippen LogP contribution in [-0.4, -0.2) is 37.2 Å². The number of hydrogen-bond acceptors (Lipinski definition) is 6. The molecule has 0 atom stereocenters. The maximum atomic E-state index is 12.5. The first-order valence-corrected chi connectivity index (χ1v) is 7.00. The van der Waals surface area contributed by atoms with Gasteiger partial charge in [-0.25, -0.2) is 15.1 Å². The number of amides is 1. The second kappa shape index (κ2) is 8.47. The highest BCUT2D eigenvalue weighted by Crippen LogP contribution is 2.37. The summed E-state index contributed by atoms with van der Waals surface area (Å²) < 4.78 is 15.8. The Morgan fingerprint density at radius 2 is 1.54 bits per heavy atom. The van der Waals surface area contributed by atoms with Crippen LogP contribution < -0.4 is 31.9 Å². The molecule has 0 bridgehead atoms. The van der Waals surface area contributed by atoms with Gasteiger partial charge in [-0.3, -0.25) is 0 Å². The number of nitrogens with two attached hydrogens (primary N) is 1. The maximum absolute atomic E-state index is 12.5. The Bertz CT molecular complexity index is 692. The molecule has 0 aliphatic heterocycles. The van der Waals surface area contributed by atoms with Crippen molar-refractivity contribution in [1.29, 1.82) is 0 Å². The van der Waals surface area contributed by atoms with Gasteiger partial charge in [0.25, 0.3) is 0 Å². The van der Waals surface area contributed by atoms with E-state index in [4.69, 9.17) is 14.2 Å². The number of carbonyl (C=O) groups excluding carboxylic acids is 1. The molecular formula is C16H20ClN3O4. The van der Waals surface area contributed by atoms with Crippen LogP contribution in [0.25, 0.3) is 0 Å². The molecule has 1 aromatic carbocycles. The summed E-state index contributed by atoms with van der Waals surface area (Å²) in [6.07, 6.45) is 0. The lowest BCUT2D eigenvalue weighted by atomic mass is 10.1. The lowest BCUT2D eigenvalue weighted by Crippen LogP contribution is -3.00. The van der Waals surface area contributed by atoms with Crippen molar-refractivity contribution in [2.24, 2.45) is 0 Å². The van der Waals surface area contributed by atoms with E-state index in [2.05, 4.69) is 9.97 Å². The first-order chi connectivity index (χ1) is 11.0. The second-order valence-corrected chi connectivity index (χ2v) is 4.90. The molecule has 0 saturated carbocycles. The third-order valence-electron chi connectivity index (χ3n) is 3.21. The van der Waals surface area contributed by atoms with Gasteiger partial charge in [-0.2, -0.15) is 4.98 Å². The van der Waals surface area contributed by atoms with Gasteiger partial charge in [0.1, 0.15) is 5.82 Å². The zero-order chi connectivity index (χ0) is 17.0. The monoisotopic (exact) mass is 353 g/mol. The van der Waals surface area contributed by atoms with Crippen LogP contribution in [-0.2, 0) is 0 Å². The largest absolute Gasteiger partial charge is 1.00 e. The zero-order valence-electron chi connectivity index (χ0n) is 14.2. The number of nitrogens with zero attached hydrogens (tertiary/aromatic N) is 2. The summed E-state index contributed by atoms with van der Waals surface area (Å²) in [5.41, 5.74) is 1.23. The summed E-state index contributed by atoms with van der Waals surface area (Å²) in [4.78, 5) is 20.9. The van der Waals surface area contributed by atoms with Crippen LogP contribution in [0.1, 0.15) is 21.9 Å². The van der Waals surface area contributed by atoms with E-state index in [0.717, 1.165) is 5.69 Å². The maximum Gasteiger partial charge on any atom is 0.349 e. The van der Waals surface area contributed by atoms with E-state index in [-0.39, 0.29) is 18.3 Å². The van der Waals surface area contributed by atoms with Crippen molar-refractivity contribution in [2.45, 2.75) is 13.8 Å². The van der Waals surface area contributed by atoms with Gasteiger partial charge in [0.2, 0.25) is 11.6 Å². The predicted octanol–water partition coefficient (Wildman–Crippen LogP) is -1.84. The Balaban J connectivity index is 0.00000288. The molecular weight excluding hydrogens is 334 g/mol. The Hall–Kier alpha value is -2.38. The molecule has 0 aliphatic carbocycles. The van der Waals surface area contributed by atoms with Gasteiger partial charge >= 0.3 is 5.91 Å². The Labute approximate surface area is 146 Å². The summed E-state index contributed by atoms with van der Waals surface area (Å²) in [6.45, 7) is 3.64. The summed E-state index contributed by atoms with van der Waals surface area (Å²) in [6, 6.07) is 4.98. The van der Waals surface area contributed by atoms with Crippen molar-refractivity contribution in [2.75, 3.05) is 21.3 Å². The van der Waals surface area contributed by atoms with E-state index < -0.39 is 0 Å². The summed E-state index contributed by atoms with van der Waals surface area (Å²) >= 11 is 0. The number of aromatic nitrogens is 2. The fourth-order valence-corrected chi connectivity index (χ4v) is 2.26. The van der Waals surface area contributed by atoms with E-state index in [1.54, 1.807) is 25.1 Å². The van der Waals surface area contributed by atoms with Gasteiger partial charge in [0, 0.05) is 23.9 Å². The van der Waals surface area contributed by atoms with E-state index in [9.17, 15) is 4.79 Å². The Kier molecular flexibility index (Phi) is 6.94. The minimum atomic E-state index is -0.207. The molecule has 0 saturated heterocycles. The third-order valence-corrected chi connectivity index (χ3v) is 3.21. The van der Waals surface area contributed by atoms with Gasteiger partial charge in [-0.05, 0) is 13.8 Å². The summed E-state index contributed by atoms with van der Waals surface area (Å²) in [7, 11) is 4.53. The van der Waals surface area contributed by atoms with Crippen molar-refractivity contribution in [3.63, 3.8) is 0 Å². The molecule has 1 amide bonds. The van der Waals surface area contributed by atoms with E-state index in [1.807, 2.05) is 6.92 Å². The van der Waals surface area contributed by atoms with Gasteiger partial charge in [-0.15, -0.1) is 0 Å². The predicted molar refractivity (Wildman–Crippen MR) is 83.5 cm³/mol. The van der Waals surface area contributed by atoms with E-state index >= 15 is 0 Å². The van der Waals surface area contributed by atoms with Crippen molar-refractivity contribution in [3.8, 4) is 17.2 Å². The number of quaternary nitrogens is 1. The van der Waals surface area contributed by atoms with Crippen LogP contribution in [0.2, 0.25) is 0 Å². The number of carbonyl (C=O) groups is 1. The molecule has 0 fully saturated rings. The minimum Gasteiger partial charge on any atom is -1.00 e. The highest BCUT2D eigenvalue weighted by Gasteiger charge is 2.20. The van der Waals surface area contributed by atoms with Crippen molar-refractivity contribution in [3.05, 3.63) is 35.3 Å².